The molecule has 2 N–H and O–H groups in total. The molecule has 0 fully saturated rings. The number of halogens is 1. The van der Waals surface area contributed by atoms with Crippen molar-refractivity contribution in [3.8, 4) is 5.75 Å². The monoisotopic (exact) mass is 369 g/mol. The van der Waals surface area contributed by atoms with Crippen LogP contribution in [0.4, 0.5) is 0 Å². The van der Waals surface area contributed by atoms with E-state index in [0.29, 0.717) is 12.3 Å². The molecule has 0 aliphatic carbocycles. The van der Waals surface area contributed by atoms with Crippen molar-refractivity contribution >= 4 is 25.8 Å². The second-order valence-electron chi connectivity index (χ2n) is 4.61. The number of benzene rings is 2. The molecule has 4 nitrogen and oxygen atoms in total. The minimum atomic E-state index is -3.20. The zero-order chi connectivity index (χ0) is 15.5. The molecule has 1 unspecified atom stereocenters. The lowest BCUT2D eigenvalue weighted by molar-refractivity contribution is 0.213. The predicted molar refractivity (Wildman–Crippen MR) is 86.1 cm³/mol. The Labute approximate surface area is 133 Å². The van der Waals surface area contributed by atoms with Crippen molar-refractivity contribution in [2.75, 3.05) is 12.8 Å². The summed E-state index contributed by atoms with van der Waals surface area (Å²) < 4.78 is 29.6. The van der Waals surface area contributed by atoms with Crippen LogP contribution < -0.4 is 10.5 Å². The summed E-state index contributed by atoms with van der Waals surface area (Å²) in [6.07, 6.45) is 0.872. The van der Waals surface area contributed by atoms with Crippen molar-refractivity contribution in [1.29, 1.82) is 0 Å². The van der Waals surface area contributed by atoms with E-state index in [2.05, 4.69) is 15.9 Å². The second-order valence-corrected chi connectivity index (χ2v) is 7.48. The topological polar surface area (TPSA) is 69.4 Å². The van der Waals surface area contributed by atoms with Gasteiger partial charge in [0.2, 0.25) is 0 Å². The Morgan fingerprint density at radius 2 is 1.76 bits per heavy atom. The van der Waals surface area contributed by atoms with E-state index >= 15 is 0 Å². The van der Waals surface area contributed by atoms with E-state index in [9.17, 15) is 8.42 Å². The van der Waals surface area contributed by atoms with Crippen LogP contribution >= 0.6 is 15.9 Å². The Morgan fingerprint density at radius 3 is 2.29 bits per heavy atom. The molecule has 2 aromatic carbocycles. The Balaban J connectivity index is 2.22. The van der Waals surface area contributed by atoms with Gasteiger partial charge in [-0.15, -0.1) is 0 Å². The van der Waals surface area contributed by atoms with E-state index in [0.717, 1.165) is 10.0 Å². The molecule has 0 saturated heterocycles. The van der Waals surface area contributed by atoms with Crippen LogP contribution in [0.3, 0.4) is 0 Å². The van der Waals surface area contributed by atoms with Gasteiger partial charge < -0.3 is 10.5 Å². The highest BCUT2D eigenvalue weighted by Crippen LogP contribution is 2.27. The van der Waals surface area contributed by atoms with Crippen LogP contribution in [-0.4, -0.2) is 21.2 Å². The molecule has 0 aromatic heterocycles. The Bertz CT molecular complexity index is 714. The average Bonchev–Trinajstić information content (AvgIpc) is 2.45. The van der Waals surface area contributed by atoms with Gasteiger partial charge in [-0.1, -0.05) is 34.1 Å². The third-order valence-electron chi connectivity index (χ3n) is 3.00. The van der Waals surface area contributed by atoms with Crippen LogP contribution in [0.25, 0.3) is 0 Å². The highest BCUT2D eigenvalue weighted by Gasteiger charge is 2.15. The standard InChI is InChI=1S/C15H16BrNO3S/c1-21(18,19)12-8-6-11(7-9-12)20-15(10-17)13-4-2-3-5-14(13)16/h2-9,15H,10,17H2,1H3. The van der Waals surface area contributed by atoms with Gasteiger partial charge in [0, 0.05) is 22.8 Å². The highest BCUT2D eigenvalue weighted by molar-refractivity contribution is 9.10. The van der Waals surface area contributed by atoms with Gasteiger partial charge in [-0.3, -0.25) is 0 Å². The van der Waals surface area contributed by atoms with E-state index in [-0.39, 0.29) is 11.0 Å². The van der Waals surface area contributed by atoms with Gasteiger partial charge in [-0.05, 0) is 30.3 Å². The number of hydrogen-bond donors (Lipinski definition) is 1. The van der Waals surface area contributed by atoms with Crippen LogP contribution in [0.2, 0.25) is 0 Å². The second kappa shape index (κ2) is 6.60. The third-order valence-corrected chi connectivity index (χ3v) is 4.85. The first-order valence-electron chi connectivity index (χ1n) is 6.33. The van der Waals surface area contributed by atoms with Crippen LogP contribution in [-0.2, 0) is 9.84 Å². The first-order valence-corrected chi connectivity index (χ1v) is 9.01. The van der Waals surface area contributed by atoms with Gasteiger partial charge in [0.1, 0.15) is 11.9 Å². The van der Waals surface area contributed by atoms with E-state index in [1.54, 1.807) is 12.1 Å². The van der Waals surface area contributed by atoms with Crippen molar-refractivity contribution in [3.63, 3.8) is 0 Å². The van der Waals surface area contributed by atoms with Crippen molar-refractivity contribution in [3.05, 3.63) is 58.6 Å². The lowest BCUT2D eigenvalue weighted by atomic mass is 10.1. The van der Waals surface area contributed by atoms with Gasteiger partial charge >= 0.3 is 0 Å². The molecule has 2 aromatic rings. The molecular weight excluding hydrogens is 354 g/mol. The normalized spacial score (nSPS) is 12.9. The van der Waals surface area contributed by atoms with E-state index in [1.165, 1.54) is 18.4 Å². The quantitative estimate of drug-likeness (QED) is 0.879. The Hall–Kier alpha value is -1.37. The fourth-order valence-electron chi connectivity index (χ4n) is 1.90. The molecule has 0 amide bonds. The first kappa shape index (κ1) is 16.0. The number of hydrogen-bond acceptors (Lipinski definition) is 4. The average molecular weight is 370 g/mol. The lowest BCUT2D eigenvalue weighted by Gasteiger charge is -2.19. The van der Waals surface area contributed by atoms with Crippen molar-refractivity contribution in [2.45, 2.75) is 11.0 Å². The maximum atomic E-state index is 11.4. The smallest absolute Gasteiger partial charge is 0.175 e. The molecule has 1 atom stereocenters. The molecule has 0 saturated carbocycles. The minimum absolute atomic E-state index is 0.264. The molecule has 6 heteroatoms. The summed E-state index contributed by atoms with van der Waals surface area (Å²) in [5.74, 6) is 0.577. The summed E-state index contributed by atoms with van der Waals surface area (Å²) in [7, 11) is -3.20. The summed E-state index contributed by atoms with van der Waals surface area (Å²) >= 11 is 3.47. The summed E-state index contributed by atoms with van der Waals surface area (Å²) in [6.45, 7) is 0.316. The molecule has 21 heavy (non-hydrogen) atoms. The Kier molecular flexibility index (Phi) is 5.03. The fourth-order valence-corrected chi connectivity index (χ4v) is 3.08. The SMILES string of the molecule is CS(=O)(=O)c1ccc(OC(CN)c2ccccc2Br)cc1. The number of rotatable bonds is 5. The number of ether oxygens (including phenoxy) is 1. The first-order chi connectivity index (χ1) is 9.91. The molecule has 0 aliphatic heterocycles. The lowest BCUT2D eigenvalue weighted by Crippen LogP contribution is -2.18. The molecule has 112 valence electrons. The van der Waals surface area contributed by atoms with Gasteiger partial charge in [-0.25, -0.2) is 8.42 Å². The number of sulfone groups is 1. The van der Waals surface area contributed by atoms with E-state index in [1.807, 2.05) is 24.3 Å². The molecule has 0 aliphatic rings. The number of nitrogens with two attached hydrogens (primary N) is 1. The minimum Gasteiger partial charge on any atom is -0.484 e. The molecule has 2 rings (SSSR count). The molecular formula is C15H16BrNO3S. The zero-order valence-corrected chi connectivity index (χ0v) is 13.9. The summed E-state index contributed by atoms with van der Waals surface area (Å²) in [4.78, 5) is 0.264. The van der Waals surface area contributed by atoms with Crippen LogP contribution in [0, 0.1) is 0 Å². The molecule has 0 spiro atoms. The molecule has 0 bridgehead atoms. The van der Waals surface area contributed by atoms with Crippen molar-refractivity contribution in [1.82, 2.24) is 0 Å². The van der Waals surface area contributed by atoms with Gasteiger partial charge in [0.15, 0.2) is 9.84 Å². The van der Waals surface area contributed by atoms with Crippen LogP contribution in [0.5, 0.6) is 5.75 Å². The van der Waals surface area contributed by atoms with Gasteiger partial charge in [0.05, 0.1) is 4.90 Å². The highest BCUT2D eigenvalue weighted by atomic mass is 79.9. The summed E-state index contributed by atoms with van der Waals surface area (Å²) in [6, 6.07) is 14.0. The summed E-state index contributed by atoms with van der Waals surface area (Å²) in [5, 5.41) is 0. The predicted octanol–water partition coefficient (Wildman–Crippen LogP) is 2.93. The Morgan fingerprint density at radius 1 is 1.14 bits per heavy atom. The third kappa shape index (κ3) is 4.06. The van der Waals surface area contributed by atoms with Crippen LogP contribution in [0.15, 0.2) is 57.9 Å². The zero-order valence-electron chi connectivity index (χ0n) is 11.5. The fraction of sp³-hybridized carbons (Fsp3) is 0.200. The molecule has 0 radical (unpaired) electrons. The van der Waals surface area contributed by atoms with E-state index in [4.69, 9.17) is 10.5 Å². The van der Waals surface area contributed by atoms with Gasteiger partial charge in [-0.2, -0.15) is 0 Å². The van der Waals surface area contributed by atoms with Crippen molar-refractivity contribution < 1.29 is 13.2 Å². The maximum Gasteiger partial charge on any atom is 0.175 e. The maximum absolute atomic E-state index is 11.4. The van der Waals surface area contributed by atoms with Gasteiger partial charge in [0.25, 0.3) is 0 Å². The van der Waals surface area contributed by atoms with Crippen molar-refractivity contribution in [2.24, 2.45) is 5.73 Å². The van der Waals surface area contributed by atoms with E-state index < -0.39 is 9.84 Å². The summed E-state index contributed by atoms with van der Waals surface area (Å²) in [5.41, 5.74) is 6.73. The van der Waals surface area contributed by atoms with Crippen LogP contribution in [0.1, 0.15) is 11.7 Å². The largest absolute Gasteiger partial charge is 0.484 e. The molecule has 0 heterocycles.